The average molecular weight is 334 g/mol. The van der Waals surface area contributed by atoms with Crippen molar-refractivity contribution in [3.05, 3.63) is 35.7 Å². The third-order valence-electron chi connectivity index (χ3n) is 3.33. The smallest absolute Gasteiger partial charge is 0.533 e. The van der Waals surface area contributed by atoms with E-state index in [2.05, 4.69) is 15.8 Å². The number of carboxylic acid groups (broad SMARTS) is 1. The number of fused-ring (bicyclic) bond motifs is 3. The second-order valence-corrected chi connectivity index (χ2v) is 5.84. The highest BCUT2D eigenvalue weighted by atomic mass is 32.2. The Bertz CT molecular complexity index is 726. The number of carbonyl (C=O) groups is 1. The molecule has 2 N–H and O–H groups in total. The van der Waals surface area contributed by atoms with Gasteiger partial charge in [-0.25, -0.2) is 10.4 Å². The molecule has 0 saturated carbocycles. The maximum absolute atomic E-state index is 11.3. The molecule has 2 aliphatic rings. The van der Waals surface area contributed by atoms with Crippen molar-refractivity contribution in [2.75, 3.05) is 5.59 Å². The van der Waals surface area contributed by atoms with E-state index >= 15 is 0 Å². The highest BCUT2D eigenvalue weighted by Gasteiger charge is 2.43. The van der Waals surface area contributed by atoms with Gasteiger partial charge in [-0.1, -0.05) is 37.7 Å². The second-order valence-electron chi connectivity index (χ2n) is 4.64. The van der Waals surface area contributed by atoms with Crippen LogP contribution >= 0.6 is 11.8 Å². The van der Waals surface area contributed by atoms with E-state index in [-0.39, 0.29) is 10.7 Å². The number of nitrogens with zero attached hydrogens (tertiary/aromatic N) is 3. The average Bonchev–Trinajstić information content (AvgIpc) is 2.94. The van der Waals surface area contributed by atoms with Crippen LogP contribution in [0.15, 0.2) is 29.7 Å². The Hall–Kier alpha value is -2.20. The van der Waals surface area contributed by atoms with E-state index in [1.165, 1.54) is 24.2 Å². The number of hydrogen-bond acceptors (Lipinski definition) is 7. The van der Waals surface area contributed by atoms with E-state index in [0.717, 1.165) is 5.56 Å². The van der Waals surface area contributed by atoms with E-state index in [1.807, 2.05) is 19.9 Å². The molecule has 23 heavy (non-hydrogen) atoms. The first-order chi connectivity index (χ1) is 11.2. The van der Waals surface area contributed by atoms with Crippen LogP contribution in [0.5, 0.6) is 5.75 Å². The predicted octanol–water partition coefficient (Wildman–Crippen LogP) is 1.61. The molecule has 0 amide bonds. The molecule has 3 heterocycles. The van der Waals surface area contributed by atoms with Crippen molar-refractivity contribution in [3.8, 4) is 5.75 Å². The van der Waals surface area contributed by atoms with Crippen molar-refractivity contribution in [1.82, 2.24) is 14.9 Å². The van der Waals surface area contributed by atoms with Gasteiger partial charge in [0, 0.05) is 0 Å². The zero-order valence-electron chi connectivity index (χ0n) is 12.6. The van der Waals surface area contributed by atoms with Gasteiger partial charge in [0.2, 0.25) is 5.16 Å². The Labute approximate surface area is 137 Å². The van der Waals surface area contributed by atoms with Gasteiger partial charge in [0.25, 0.3) is 0 Å². The van der Waals surface area contributed by atoms with E-state index in [4.69, 9.17) is 9.41 Å². The van der Waals surface area contributed by atoms with Gasteiger partial charge in [-0.2, -0.15) is 4.68 Å². The Morgan fingerprint density at radius 2 is 2.35 bits per heavy atom. The van der Waals surface area contributed by atoms with Crippen molar-refractivity contribution < 1.29 is 19.3 Å². The minimum atomic E-state index is -1.02. The van der Waals surface area contributed by atoms with Crippen molar-refractivity contribution >= 4 is 24.8 Å². The lowest BCUT2D eigenvalue weighted by Crippen LogP contribution is -2.44. The summed E-state index contributed by atoms with van der Waals surface area (Å²) in [6.07, 6.45) is 2.12. The molecular weight excluding hydrogens is 319 g/mol. The molecule has 0 spiro atoms. The maximum atomic E-state index is 11.3. The van der Waals surface area contributed by atoms with Crippen LogP contribution < -0.4 is 10.2 Å². The molecule has 4 rings (SSSR count). The normalized spacial score (nSPS) is 18.0. The summed E-state index contributed by atoms with van der Waals surface area (Å²) in [7, 11) is -0.607. The van der Waals surface area contributed by atoms with Crippen molar-refractivity contribution in [3.63, 3.8) is 0 Å². The lowest BCUT2D eigenvalue weighted by molar-refractivity contribution is 0.0694. The van der Waals surface area contributed by atoms with Crippen molar-refractivity contribution in [2.45, 2.75) is 30.6 Å². The molecule has 0 fully saturated rings. The van der Waals surface area contributed by atoms with Gasteiger partial charge in [-0.05, 0) is 18.1 Å². The van der Waals surface area contributed by atoms with Crippen LogP contribution in [0, 0.1) is 0 Å². The van der Waals surface area contributed by atoms with Crippen LogP contribution in [-0.4, -0.2) is 38.2 Å². The first-order valence-electron chi connectivity index (χ1n) is 7.22. The fourth-order valence-corrected chi connectivity index (χ4v) is 3.42. The monoisotopic (exact) mass is 334 g/mol. The number of para-hydroxylation sites is 1. The van der Waals surface area contributed by atoms with E-state index < -0.39 is 13.1 Å². The van der Waals surface area contributed by atoms with Gasteiger partial charge in [-0.15, -0.1) is 10.2 Å². The zero-order chi connectivity index (χ0) is 16.4. The Morgan fingerprint density at radius 1 is 1.52 bits per heavy atom. The highest BCUT2D eigenvalue weighted by Crippen LogP contribution is 2.37. The number of hydrogen-bond donors (Lipinski definition) is 2. The standard InChI is InChI=1S/C11H9BN4O4S.C2H6/c17-10(18)7-3-1-2-6-4-8-12(19-9(6)7)20-15-16-5-13-14-11(16)21-8;1-2/h1-3,5,8,15H,4H2,(H,17,18);1-2H3. The number of carboxylic acids is 1. The van der Waals surface area contributed by atoms with E-state index in [9.17, 15) is 9.90 Å². The third-order valence-corrected chi connectivity index (χ3v) is 4.51. The molecule has 0 saturated heterocycles. The van der Waals surface area contributed by atoms with Gasteiger partial charge in [0.15, 0.2) is 0 Å². The SMILES string of the molecule is CC.O=C(O)c1cccc2c1OB1ONn3cnnc3SC1C2. The topological polar surface area (TPSA) is 98.5 Å². The van der Waals surface area contributed by atoms with Gasteiger partial charge in [0.1, 0.15) is 12.1 Å². The number of benzene rings is 1. The second kappa shape index (κ2) is 6.51. The summed E-state index contributed by atoms with van der Waals surface area (Å²) in [5.41, 5.74) is 3.67. The number of thioether (sulfide) groups is 1. The summed E-state index contributed by atoms with van der Waals surface area (Å²) in [5.74, 6) is -0.650. The first kappa shape index (κ1) is 15.7. The molecule has 1 aromatic carbocycles. The van der Waals surface area contributed by atoms with Gasteiger partial charge in [0.05, 0.1) is 10.7 Å². The number of nitrogens with one attached hydrogen (secondary N) is 1. The Morgan fingerprint density at radius 3 is 3.13 bits per heavy atom. The molecule has 2 aliphatic heterocycles. The maximum Gasteiger partial charge on any atom is 0.563 e. The lowest BCUT2D eigenvalue weighted by Gasteiger charge is -2.27. The molecule has 2 aromatic rings. The lowest BCUT2D eigenvalue weighted by atomic mass is 9.77. The van der Waals surface area contributed by atoms with Crippen LogP contribution in [-0.2, 0) is 11.2 Å². The first-order valence-corrected chi connectivity index (χ1v) is 8.10. The molecule has 1 unspecified atom stereocenters. The van der Waals surface area contributed by atoms with Gasteiger partial charge in [-0.3, -0.25) is 4.76 Å². The minimum Gasteiger partial charge on any atom is -0.533 e. The largest absolute Gasteiger partial charge is 0.563 e. The van der Waals surface area contributed by atoms with Crippen LogP contribution in [0.25, 0.3) is 0 Å². The zero-order valence-corrected chi connectivity index (χ0v) is 13.4. The Balaban J connectivity index is 0.000000753. The predicted molar refractivity (Wildman–Crippen MR) is 84.9 cm³/mol. The van der Waals surface area contributed by atoms with Crippen LogP contribution in [0.2, 0.25) is 0 Å². The summed E-state index contributed by atoms with van der Waals surface area (Å²) in [6.45, 7) is 4.00. The summed E-state index contributed by atoms with van der Waals surface area (Å²) in [6, 6.07) is 5.10. The molecule has 0 bridgehead atoms. The van der Waals surface area contributed by atoms with Crippen LogP contribution in [0.4, 0.5) is 0 Å². The number of aromatic nitrogens is 3. The van der Waals surface area contributed by atoms with Crippen molar-refractivity contribution in [1.29, 1.82) is 0 Å². The number of aromatic carboxylic acids is 1. The summed E-state index contributed by atoms with van der Waals surface area (Å²) in [4.78, 5) is 11.3. The van der Waals surface area contributed by atoms with E-state index in [1.54, 1.807) is 10.7 Å². The molecule has 8 nitrogen and oxygen atoms in total. The van der Waals surface area contributed by atoms with Crippen LogP contribution in [0.1, 0.15) is 29.8 Å². The molecule has 1 aromatic heterocycles. The molecule has 120 valence electrons. The van der Waals surface area contributed by atoms with Gasteiger partial charge >= 0.3 is 13.1 Å². The molecule has 0 aliphatic carbocycles. The molecule has 0 radical (unpaired) electrons. The summed E-state index contributed by atoms with van der Waals surface area (Å²) in [5, 5.41) is 17.7. The van der Waals surface area contributed by atoms with Crippen LogP contribution in [0.3, 0.4) is 0 Å². The number of rotatable bonds is 1. The minimum absolute atomic E-state index is 0.0421. The quantitative estimate of drug-likeness (QED) is 0.759. The summed E-state index contributed by atoms with van der Waals surface area (Å²) < 4.78 is 12.8. The van der Waals surface area contributed by atoms with E-state index in [0.29, 0.717) is 17.3 Å². The third kappa shape index (κ3) is 2.87. The fourth-order valence-electron chi connectivity index (χ4n) is 2.37. The molecule has 1 atom stereocenters. The Kier molecular flexibility index (Phi) is 4.44. The molecular formula is C13H15BN4O4S. The highest BCUT2D eigenvalue weighted by molar-refractivity contribution is 8.01. The summed E-state index contributed by atoms with van der Waals surface area (Å²) >= 11 is 1.48. The van der Waals surface area contributed by atoms with Crippen molar-refractivity contribution in [2.24, 2.45) is 0 Å². The van der Waals surface area contributed by atoms with Gasteiger partial charge < -0.3 is 9.76 Å². The molecule has 10 heteroatoms. The fraction of sp³-hybridized carbons (Fsp3) is 0.308.